The fourth-order valence-electron chi connectivity index (χ4n) is 3.91. The molecule has 0 unspecified atom stereocenters. The SMILES string of the molecule is CCNC(=NCCc1cn2cccc(C)c2n1)NCCc1c[nH]c2cccc(C)c12.I. The van der Waals surface area contributed by atoms with Crippen molar-refractivity contribution in [3.63, 3.8) is 0 Å². The number of aromatic amines is 1. The maximum Gasteiger partial charge on any atom is 0.191 e. The summed E-state index contributed by atoms with van der Waals surface area (Å²) in [4.78, 5) is 12.9. The molecule has 7 heteroatoms. The van der Waals surface area contributed by atoms with E-state index in [0.717, 1.165) is 43.2 Å². The van der Waals surface area contributed by atoms with Gasteiger partial charge in [-0.1, -0.05) is 18.2 Å². The summed E-state index contributed by atoms with van der Waals surface area (Å²) in [5, 5.41) is 8.14. The van der Waals surface area contributed by atoms with Gasteiger partial charge in [0, 0.05) is 55.5 Å². The lowest BCUT2D eigenvalue weighted by Crippen LogP contribution is -2.38. The molecule has 6 nitrogen and oxygen atoms in total. The van der Waals surface area contributed by atoms with Gasteiger partial charge in [0.15, 0.2) is 5.96 Å². The van der Waals surface area contributed by atoms with Gasteiger partial charge in [-0.2, -0.15) is 0 Å². The normalized spacial score (nSPS) is 11.6. The number of halogens is 1. The van der Waals surface area contributed by atoms with Crippen molar-refractivity contribution in [3.8, 4) is 0 Å². The average Bonchev–Trinajstić information content (AvgIpc) is 3.34. The minimum absolute atomic E-state index is 0. The zero-order valence-electron chi connectivity index (χ0n) is 18.4. The minimum atomic E-state index is 0. The molecule has 164 valence electrons. The van der Waals surface area contributed by atoms with Crippen LogP contribution in [0.5, 0.6) is 0 Å². The van der Waals surface area contributed by atoms with Crippen LogP contribution in [-0.4, -0.2) is 40.0 Å². The predicted octanol–water partition coefficient (Wildman–Crippen LogP) is 4.39. The summed E-state index contributed by atoms with van der Waals surface area (Å²) in [6.45, 7) is 8.72. The number of guanidine groups is 1. The van der Waals surface area contributed by atoms with E-state index in [2.05, 4.69) is 77.4 Å². The maximum absolute atomic E-state index is 4.74. The van der Waals surface area contributed by atoms with E-state index in [4.69, 9.17) is 9.98 Å². The Labute approximate surface area is 200 Å². The maximum atomic E-state index is 4.74. The van der Waals surface area contributed by atoms with E-state index < -0.39 is 0 Å². The summed E-state index contributed by atoms with van der Waals surface area (Å²) in [7, 11) is 0. The Hall–Kier alpha value is -2.55. The zero-order valence-corrected chi connectivity index (χ0v) is 20.7. The fraction of sp³-hybridized carbons (Fsp3) is 0.333. The van der Waals surface area contributed by atoms with E-state index >= 15 is 0 Å². The zero-order chi connectivity index (χ0) is 20.9. The van der Waals surface area contributed by atoms with Gasteiger partial charge < -0.3 is 20.0 Å². The van der Waals surface area contributed by atoms with E-state index in [9.17, 15) is 0 Å². The lowest BCUT2D eigenvalue weighted by atomic mass is 10.1. The average molecular weight is 530 g/mol. The number of benzene rings is 1. The third-order valence-electron chi connectivity index (χ3n) is 5.39. The fourth-order valence-corrected chi connectivity index (χ4v) is 3.91. The molecule has 0 bridgehead atoms. The van der Waals surface area contributed by atoms with Crippen LogP contribution in [0.1, 0.15) is 29.3 Å². The number of H-pyrrole nitrogens is 1. The first-order chi connectivity index (χ1) is 14.7. The van der Waals surface area contributed by atoms with Gasteiger partial charge in [0.2, 0.25) is 0 Å². The molecule has 0 aliphatic rings. The number of hydrogen-bond acceptors (Lipinski definition) is 2. The molecule has 0 atom stereocenters. The molecule has 0 aliphatic heterocycles. The van der Waals surface area contributed by atoms with E-state index in [1.807, 2.05) is 12.3 Å². The van der Waals surface area contributed by atoms with Crippen molar-refractivity contribution < 1.29 is 0 Å². The van der Waals surface area contributed by atoms with Gasteiger partial charge in [-0.05, 0) is 56.0 Å². The molecule has 0 fully saturated rings. The Morgan fingerprint density at radius 1 is 1.10 bits per heavy atom. The first kappa shape index (κ1) is 23.1. The molecule has 0 amide bonds. The minimum Gasteiger partial charge on any atom is -0.361 e. The van der Waals surface area contributed by atoms with Crippen molar-refractivity contribution in [2.75, 3.05) is 19.6 Å². The molecular weight excluding hydrogens is 499 g/mol. The van der Waals surface area contributed by atoms with Crippen LogP contribution in [-0.2, 0) is 12.8 Å². The Kier molecular flexibility index (Phi) is 7.95. The molecule has 0 saturated carbocycles. The van der Waals surface area contributed by atoms with Gasteiger partial charge in [0.25, 0.3) is 0 Å². The second-order valence-electron chi connectivity index (χ2n) is 7.65. The molecule has 0 saturated heterocycles. The largest absolute Gasteiger partial charge is 0.361 e. The van der Waals surface area contributed by atoms with Crippen LogP contribution in [0.25, 0.3) is 16.6 Å². The number of nitrogens with one attached hydrogen (secondary N) is 3. The van der Waals surface area contributed by atoms with Crippen LogP contribution < -0.4 is 10.6 Å². The van der Waals surface area contributed by atoms with Gasteiger partial charge in [-0.25, -0.2) is 4.98 Å². The highest BCUT2D eigenvalue weighted by Gasteiger charge is 2.07. The topological polar surface area (TPSA) is 69.5 Å². The van der Waals surface area contributed by atoms with Crippen molar-refractivity contribution in [3.05, 3.63) is 71.3 Å². The molecule has 0 spiro atoms. The summed E-state index contributed by atoms with van der Waals surface area (Å²) >= 11 is 0. The van der Waals surface area contributed by atoms with Gasteiger partial charge in [-0.3, -0.25) is 4.99 Å². The van der Waals surface area contributed by atoms with Crippen LogP contribution >= 0.6 is 24.0 Å². The summed E-state index contributed by atoms with van der Waals surface area (Å²) < 4.78 is 2.08. The Bertz CT molecular complexity index is 1170. The van der Waals surface area contributed by atoms with Gasteiger partial charge >= 0.3 is 0 Å². The third-order valence-corrected chi connectivity index (χ3v) is 5.39. The molecule has 3 N–H and O–H groups in total. The molecule has 3 aromatic heterocycles. The summed E-state index contributed by atoms with van der Waals surface area (Å²) in [5.74, 6) is 0.856. The molecule has 1 aromatic carbocycles. The van der Waals surface area contributed by atoms with Crippen molar-refractivity contribution in [1.82, 2.24) is 25.0 Å². The van der Waals surface area contributed by atoms with Crippen molar-refractivity contribution in [2.24, 2.45) is 4.99 Å². The number of aryl methyl sites for hydroxylation is 2. The predicted molar refractivity (Wildman–Crippen MR) is 140 cm³/mol. The number of fused-ring (bicyclic) bond motifs is 2. The number of rotatable bonds is 7. The monoisotopic (exact) mass is 530 g/mol. The summed E-state index contributed by atoms with van der Waals surface area (Å²) in [6.07, 6.45) is 8.02. The lowest BCUT2D eigenvalue weighted by Gasteiger charge is -2.11. The first-order valence-electron chi connectivity index (χ1n) is 10.7. The summed E-state index contributed by atoms with van der Waals surface area (Å²) in [5.41, 5.74) is 7.13. The van der Waals surface area contributed by atoms with Crippen LogP contribution in [0.15, 0.2) is 53.9 Å². The lowest BCUT2D eigenvalue weighted by molar-refractivity contribution is 0.797. The number of imidazole rings is 1. The molecule has 4 aromatic rings. The highest BCUT2D eigenvalue weighted by molar-refractivity contribution is 14.0. The number of pyridine rings is 1. The van der Waals surface area contributed by atoms with Crippen LogP contribution in [0, 0.1) is 13.8 Å². The number of aliphatic imine (C=N–C) groups is 1. The Balaban J connectivity index is 0.00000272. The number of hydrogen-bond donors (Lipinski definition) is 3. The second-order valence-corrected chi connectivity index (χ2v) is 7.65. The molecule has 0 aliphatic carbocycles. The smallest absolute Gasteiger partial charge is 0.191 e. The number of aromatic nitrogens is 3. The van der Waals surface area contributed by atoms with E-state index in [1.54, 1.807) is 0 Å². The van der Waals surface area contributed by atoms with E-state index in [1.165, 1.54) is 27.6 Å². The first-order valence-corrected chi connectivity index (χ1v) is 10.7. The summed E-state index contributed by atoms with van der Waals surface area (Å²) in [6, 6.07) is 10.5. The molecule has 31 heavy (non-hydrogen) atoms. The van der Waals surface area contributed by atoms with Crippen molar-refractivity contribution in [2.45, 2.75) is 33.6 Å². The second kappa shape index (κ2) is 10.7. The van der Waals surface area contributed by atoms with Gasteiger partial charge in [0.1, 0.15) is 5.65 Å². The van der Waals surface area contributed by atoms with E-state index in [-0.39, 0.29) is 24.0 Å². The molecule has 4 rings (SSSR count). The van der Waals surface area contributed by atoms with Crippen molar-refractivity contribution >= 4 is 46.5 Å². The third kappa shape index (κ3) is 5.39. The Morgan fingerprint density at radius 3 is 2.74 bits per heavy atom. The molecule has 0 radical (unpaired) electrons. The molecule has 3 heterocycles. The van der Waals surface area contributed by atoms with Gasteiger partial charge in [0.05, 0.1) is 5.69 Å². The van der Waals surface area contributed by atoms with Crippen molar-refractivity contribution in [1.29, 1.82) is 0 Å². The number of nitrogens with zero attached hydrogens (tertiary/aromatic N) is 3. The molecular formula is C24H31IN6. The standard InChI is InChI=1S/C24H30N6.HI/c1-4-25-24(26-12-10-19-15-28-21-9-5-7-17(2)22(19)21)27-13-11-20-16-30-14-6-8-18(3)23(30)29-20;/h5-9,14-16,28H,4,10-13H2,1-3H3,(H2,25,26,27);1H. The highest BCUT2D eigenvalue weighted by atomic mass is 127. The van der Waals surface area contributed by atoms with Gasteiger partial charge in [-0.15, -0.1) is 24.0 Å². The van der Waals surface area contributed by atoms with E-state index in [0.29, 0.717) is 6.54 Å². The van der Waals surface area contributed by atoms with Crippen LogP contribution in [0.2, 0.25) is 0 Å². The quantitative estimate of drug-likeness (QED) is 0.189. The Morgan fingerprint density at radius 2 is 1.94 bits per heavy atom. The van der Waals surface area contributed by atoms with Crippen LogP contribution in [0.4, 0.5) is 0 Å². The van der Waals surface area contributed by atoms with Crippen LogP contribution in [0.3, 0.4) is 0 Å². The highest BCUT2D eigenvalue weighted by Crippen LogP contribution is 2.22.